The first-order chi connectivity index (χ1) is 5.41. The fourth-order valence-electron chi connectivity index (χ4n) is 0.447. The Morgan fingerprint density at radius 3 is 1.77 bits per heavy atom. The molecule has 0 aliphatic carbocycles. The summed E-state index contributed by atoms with van der Waals surface area (Å²) in [5.74, 6) is -0.435. The second-order valence-corrected chi connectivity index (χ2v) is 2.95. The molecule has 4 heteroatoms. The molecule has 0 rings (SSSR count). The molecule has 0 heterocycles. The molecule has 0 unspecified atom stereocenters. The molecule has 0 fully saturated rings. The third-order valence-corrected chi connectivity index (χ3v) is 1.09. The van der Waals surface area contributed by atoms with Gasteiger partial charge >= 0.3 is 0 Å². The van der Waals surface area contributed by atoms with Crippen LogP contribution in [0.25, 0.3) is 0 Å². The first-order valence-electron chi connectivity index (χ1n) is 4.01. The van der Waals surface area contributed by atoms with Crippen LogP contribution in [0.5, 0.6) is 0 Å². The average Bonchev–Trinajstić information content (AvgIpc) is 1.87. The van der Waals surface area contributed by atoms with E-state index >= 15 is 0 Å². The number of rotatable bonds is 3. The summed E-state index contributed by atoms with van der Waals surface area (Å²) in [5.41, 5.74) is 5.09. The molecule has 0 spiro atoms. The molecule has 3 nitrogen and oxygen atoms in total. The largest absolute Gasteiger partial charge is 0.366 e. The summed E-state index contributed by atoms with van der Waals surface area (Å²) in [7, 11) is 4.17. The van der Waals surface area contributed by atoms with Crippen molar-refractivity contribution in [2.75, 3.05) is 20.6 Å². The summed E-state index contributed by atoms with van der Waals surface area (Å²) in [6.45, 7) is 8.24. The number of carbonyl (C=O) groups excluding carboxylic acids is 1. The van der Waals surface area contributed by atoms with Crippen LogP contribution in [0.15, 0.2) is 12.2 Å². The molecule has 0 aromatic heterocycles. The third kappa shape index (κ3) is 24.6. The van der Waals surface area contributed by atoms with Gasteiger partial charge in [0.2, 0.25) is 5.91 Å². The quantitative estimate of drug-likeness (QED) is 0.714. The maximum Gasteiger partial charge on any atom is 0.243 e. The minimum Gasteiger partial charge on any atom is -0.366 e. The van der Waals surface area contributed by atoms with Crippen molar-refractivity contribution < 1.29 is 4.79 Å². The number of hydrogen-bond donors (Lipinski definition) is 1. The van der Waals surface area contributed by atoms with Crippen LogP contribution < -0.4 is 5.73 Å². The molecule has 0 saturated heterocycles. The normalized spacial score (nSPS) is 8.08. The van der Waals surface area contributed by atoms with Crippen molar-refractivity contribution in [1.29, 1.82) is 0 Å². The molecule has 0 aliphatic rings. The smallest absolute Gasteiger partial charge is 0.243 e. The fraction of sp³-hybridized carbons (Fsp3) is 0.667. The van der Waals surface area contributed by atoms with Crippen molar-refractivity contribution in [3.63, 3.8) is 0 Å². The Bertz CT molecular complexity index is 135. The Morgan fingerprint density at radius 2 is 1.77 bits per heavy atom. The van der Waals surface area contributed by atoms with Crippen molar-refractivity contribution in [1.82, 2.24) is 4.90 Å². The molecule has 0 aromatic carbocycles. The SMILES string of the molecule is C=C(C)C(N)=O.CCCN(C)C.Cl. The summed E-state index contributed by atoms with van der Waals surface area (Å²) in [6, 6.07) is 0. The molecular weight excluding hydrogens is 188 g/mol. The molecular formula is C9H21ClN2O. The molecule has 2 N–H and O–H groups in total. The standard InChI is InChI=1S/C5H13N.C4H7NO.ClH/c1-4-5-6(2)3;1-3(2)4(5)6;/h4-5H2,1-3H3;1H2,2H3,(H2,5,6);1H. The topological polar surface area (TPSA) is 46.3 Å². The first kappa shape index (κ1) is 18.3. The maximum absolute atomic E-state index is 9.82. The van der Waals surface area contributed by atoms with Crippen LogP contribution >= 0.6 is 12.4 Å². The van der Waals surface area contributed by atoms with Crippen molar-refractivity contribution in [3.8, 4) is 0 Å². The van der Waals surface area contributed by atoms with E-state index in [9.17, 15) is 4.79 Å². The van der Waals surface area contributed by atoms with Gasteiger partial charge in [0.05, 0.1) is 0 Å². The Morgan fingerprint density at radius 1 is 1.46 bits per heavy atom. The molecule has 0 saturated carbocycles. The summed E-state index contributed by atoms with van der Waals surface area (Å²) < 4.78 is 0. The highest BCUT2D eigenvalue weighted by molar-refractivity contribution is 5.90. The lowest BCUT2D eigenvalue weighted by atomic mass is 10.3. The van der Waals surface area contributed by atoms with Crippen molar-refractivity contribution >= 4 is 18.3 Å². The van der Waals surface area contributed by atoms with E-state index in [1.807, 2.05) is 0 Å². The van der Waals surface area contributed by atoms with Gasteiger partial charge < -0.3 is 10.6 Å². The Hall–Kier alpha value is -0.540. The Kier molecular flexibility index (Phi) is 16.1. The summed E-state index contributed by atoms with van der Waals surface area (Å²) in [6.07, 6.45) is 1.26. The summed E-state index contributed by atoms with van der Waals surface area (Å²) in [4.78, 5) is 12.0. The number of halogens is 1. The zero-order chi connectivity index (χ0) is 10.1. The lowest BCUT2D eigenvalue weighted by Crippen LogP contribution is -2.11. The highest BCUT2D eigenvalue weighted by atomic mass is 35.5. The van der Waals surface area contributed by atoms with Gasteiger partial charge in [-0.25, -0.2) is 0 Å². The van der Waals surface area contributed by atoms with Gasteiger partial charge in [-0.2, -0.15) is 0 Å². The average molecular weight is 209 g/mol. The molecule has 0 aliphatic heterocycles. The van der Waals surface area contributed by atoms with Crippen LogP contribution in [0, 0.1) is 0 Å². The van der Waals surface area contributed by atoms with E-state index in [0.717, 1.165) is 0 Å². The van der Waals surface area contributed by atoms with Crippen molar-refractivity contribution in [2.24, 2.45) is 5.73 Å². The van der Waals surface area contributed by atoms with Crippen LogP contribution in [-0.2, 0) is 4.79 Å². The second-order valence-electron chi connectivity index (χ2n) is 2.95. The van der Waals surface area contributed by atoms with E-state index in [1.54, 1.807) is 6.92 Å². The summed E-state index contributed by atoms with van der Waals surface area (Å²) >= 11 is 0. The van der Waals surface area contributed by atoms with E-state index in [2.05, 4.69) is 32.5 Å². The number of amides is 1. The van der Waals surface area contributed by atoms with Gasteiger partial charge in [0.1, 0.15) is 0 Å². The van der Waals surface area contributed by atoms with Crippen LogP contribution in [-0.4, -0.2) is 31.4 Å². The molecule has 0 radical (unpaired) electrons. The van der Waals surface area contributed by atoms with Crippen molar-refractivity contribution in [3.05, 3.63) is 12.2 Å². The number of hydrogen-bond acceptors (Lipinski definition) is 2. The van der Waals surface area contributed by atoms with Crippen LogP contribution in [0.1, 0.15) is 20.3 Å². The number of nitrogens with zero attached hydrogens (tertiary/aromatic N) is 1. The number of nitrogens with two attached hydrogens (primary N) is 1. The molecule has 13 heavy (non-hydrogen) atoms. The van der Waals surface area contributed by atoms with Gasteiger partial charge in [-0.3, -0.25) is 4.79 Å². The van der Waals surface area contributed by atoms with Crippen molar-refractivity contribution in [2.45, 2.75) is 20.3 Å². The first-order valence-corrected chi connectivity index (χ1v) is 4.01. The Balaban J connectivity index is -0.000000143. The minimum atomic E-state index is -0.435. The van der Waals surface area contributed by atoms with Crippen LogP contribution in [0.3, 0.4) is 0 Å². The second kappa shape index (κ2) is 11.5. The zero-order valence-corrected chi connectivity index (χ0v) is 9.78. The zero-order valence-electron chi connectivity index (χ0n) is 8.96. The number of primary amides is 1. The van der Waals surface area contributed by atoms with Gasteiger partial charge in [0.25, 0.3) is 0 Å². The fourth-order valence-corrected chi connectivity index (χ4v) is 0.447. The van der Waals surface area contributed by atoms with Gasteiger partial charge in [0.15, 0.2) is 0 Å². The molecule has 0 atom stereocenters. The number of carbonyl (C=O) groups is 1. The Labute approximate surface area is 87.4 Å². The van der Waals surface area contributed by atoms with E-state index in [1.165, 1.54) is 13.0 Å². The predicted octanol–water partition coefficient (Wildman–Crippen LogP) is 1.43. The molecule has 0 bridgehead atoms. The predicted molar refractivity (Wildman–Crippen MR) is 60.1 cm³/mol. The highest BCUT2D eigenvalue weighted by Crippen LogP contribution is 1.78. The highest BCUT2D eigenvalue weighted by Gasteiger charge is 1.86. The van der Waals surface area contributed by atoms with E-state index in [4.69, 9.17) is 5.73 Å². The lowest BCUT2D eigenvalue weighted by Gasteiger charge is -2.03. The van der Waals surface area contributed by atoms with E-state index < -0.39 is 5.91 Å². The van der Waals surface area contributed by atoms with Gasteiger partial charge in [0, 0.05) is 5.57 Å². The van der Waals surface area contributed by atoms with Gasteiger partial charge in [-0.15, -0.1) is 12.4 Å². The van der Waals surface area contributed by atoms with Gasteiger partial charge in [-0.05, 0) is 34.0 Å². The summed E-state index contributed by atoms with van der Waals surface area (Å²) in [5, 5.41) is 0. The van der Waals surface area contributed by atoms with Gasteiger partial charge in [-0.1, -0.05) is 13.5 Å². The maximum atomic E-state index is 9.82. The van der Waals surface area contributed by atoms with Crippen LogP contribution in [0.2, 0.25) is 0 Å². The third-order valence-electron chi connectivity index (χ3n) is 1.09. The minimum absolute atomic E-state index is 0. The molecule has 0 aromatic rings. The monoisotopic (exact) mass is 208 g/mol. The molecule has 1 amide bonds. The lowest BCUT2D eigenvalue weighted by molar-refractivity contribution is -0.114. The molecule has 80 valence electrons. The van der Waals surface area contributed by atoms with E-state index in [0.29, 0.717) is 5.57 Å². The van der Waals surface area contributed by atoms with Crippen LogP contribution in [0.4, 0.5) is 0 Å². The van der Waals surface area contributed by atoms with E-state index in [-0.39, 0.29) is 12.4 Å².